The molecule has 14 heavy (non-hydrogen) atoms. The number of carbonyl (C=O) groups excluding carboxylic acids is 2. The van der Waals surface area contributed by atoms with Gasteiger partial charge in [-0.1, -0.05) is 13.8 Å². The fraction of sp³-hybridized carbons (Fsp3) is 0.818. The Balaban J connectivity index is 2.72. The molecule has 80 valence electrons. The standard InChI is InChI=1S/C11H18O3/c1-3-10(13)8-5-7(12)6-9(8)11(14)4-2/h7-9,12H,3-6H2,1-2H3. The van der Waals surface area contributed by atoms with Gasteiger partial charge >= 0.3 is 0 Å². The summed E-state index contributed by atoms with van der Waals surface area (Å²) in [6.07, 6.45) is 1.41. The summed E-state index contributed by atoms with van der Waals surface area (Å²) in [5.74, 6) is -0.202. The highest BCUT2D eigenvalue weighted by molar-refractivity contribution is 5.90. The molecule has 2 unspecified atom stereocenters. The summed E-state index contributed by atoms with van der Waals surface area (Å²) in [5.41, 5.74) is 0. The van der Waals surface area contributed by atoms with Crippen molar-refractivity contribution in [3.8, 4) is 0 Å². The summed E-state index contributed by atoms with van der Waals surface area (Å²) in [4.78, 5) is 23.1. The third-order valence-electron chi connectivity index (χ3n) is 3.06. The lowest BCUT2D eigenvalue weighted by Crippen LogP contribution is -2.24. The van der Waals surface area contributed by atoms with Gasteiger partial charge in [-0.2, -0.15) is 0 Å². The van der Waals surface area contributed by atoms with Gasteiger partial charge in [-0.3, -0.25) is 9.59 Å². The van der Waals surface area contributed by atoms with Crippen LogP contribution in [0.4, 0.5) is 0 Å². The molecule has 1 fully saturated rings. The zero-order valence-corrected chi connectivity index (χ0v) is 8.82. The zero-order chi connectivity index (χ0) is 10.7. The van der Waals surface area contributed by atoms with Gasteiger partial charge in [0, 0.05) is 24.7 Å². The quantitative estimate of drug-likeness (QED) is 0.741. The molecule has 0 saturated heterocycles. The molecule has 1 saturated carbocycles. The number of carbonyl (C=O) groups is 2. The van der Waals surface area contributed by atoms with Gasteiger partial charge in [0.25, 0.3) is 0 Å². The molecule has 0 aliphatic heterocycles. The lowest BCUT2D eigenvalue weighted by atomic mass is 9.87. The van der Waals surface area contributed by atoms with Crippen LogP contribution in [-0.2, 0) is 9.59 Å². The van der Waals surface area contributed by atoms with E-state index >= 15 is 0 Å². The maximum Gasteiger partial charge on any atom is 0.136 e. The third-order valence-corrected chi connectivity index (χ3v) is 3.06. The van der Waals surface area contributed by atoms with Crippen molar-refractivity contribution in [3.05, 3.63) is 0 Å². The molecule has 0 aromatic rings. The molecule has 1 rings (SSSR count). The molecule has 1 aliphatic carbocycles. The Morgan fingerprint density at radius 2 is 1.43 bits per heavy atom. The van der Waals surface area contributed by atoms with Crippen molar-refractivity contribution >= 4 is 11.6 Å². The second kappa shape index (κ2) is 4.69. The molecule has 0 heterocycles. The van der Waals surface area contributed by atoms with Gasteiger partial charge in [-0.05, 0) is 12.8 Å². The van der Waals surface area contributed by atoms with E-state index in [1.54, 1.807) is 13.8 Å². The fourth-order valence-corrected chi connectivity index (χ4v) is 2.25. The van der Waals surface area contributed by atoms with E-state index in [-0.39, 0.29) is 23.4 Å². The maximum absolute atomic E-state index is 11.5. The van der Waals surface area contributed by atoms with Crippen LogP contribution in [-0.4, -0.2) is 22.8 Å². The van der Waals surface area contributed by atoms with Crippen molar-refractivity contribution in [1.29, 1.82) is 0 Å². The molecule has 0 spiro atoms. The van der Waals surface area contributed by atoms with Crippen LogP contribution >= 0.6 is 0 Å². The summed E-state index contributed by atoms with van der Waals surface area (Å²) in [6.45, 7) is 3.61. The summed E-state index contributed by atoms with van der Waals surface area (Å²) in [5, 5.41) is 9.45. The number of rotatable bonds is 4. The van der Waals surface area contributed by atoms with Crippen LogP contribution in [0.3, 0.4) is 0 Å². The topological polar surface area (TPSA) is 54.4 Å². The SMILES string of the molecule is CCC(=O)C1CC(O)CC1C(=O)CC. The average molecular weight is 198 g/mol. The summed E-state index contributed by atoms with van der Waals surface area (Å²) in [7, 11) is 0. The van der Waals surface area contributed by atoms with Crippen LogP contribution in [0.2, 0.25) is 0 Å². The maximum atomic E-state index is 11.5. The van der Waals surface area contributed by atoms with Crippen molar-refractivity contribution in [2.45, 2.75) is 45.6 Å². The first kappa shape index (κ1) is 11.4. The van der Waals surface area contributed by atoms with Crippen LogP contribution in [0.25, 0.3) is 0 Å². The first-order valence-corrected chi connectivity index (χ1v) is 5.33. The number of aliphatic hydroxyl groups excluding tert-OH is 1. The molecule has 0 aromatic carbocycles. The van der Waals surface area contributed by atoms with Gasteiger partial charge in [0.1, 0.15) is 11.6 Å². The molecule has 0 aromatic heterocycles. The van der Waals surface area contributed by atoms with Crippen LogP contribution in [0.15, 0.2) is 0 Å². The number of aliphatic hydroxyl groups is 1. The van der Waals surface area contributed by atoms with Gasteiger partial charge in [-0.15, -0.1) is 0 Å². The molecule has 1 aliphatic rings. The highest BCUT2D eigenvalue weighted by Crippen LogP contribution is 2.34. The van der Waals surface area contributed by atoms with E-state index < -0.39 is 6.10 Å². The molecular weight excluding hydrogens is 180 g/mol. The molecule has 1 N–H and O–H groups in total. The lowest BCUT2D eigenvalue weighted by molar-refractivity contribution is -0.130. The molecule has 0 radical (unpaired) electrons. The van der Waals surface area contributed by atoms with Gasteiger partial charge in [0.05, 0.1) is 6.10 Å². The van der Waals surface area contributed by atoms with E-state index in [0.29, 0.717) is 25.7 Å². The molecular formula is C11H18O3. The first-order valence-electron chi connectivity index (χ1n) is 5.33. The number of ketones is 2. The van der Waals surface area contributed by atoms with Gasteiger partial charge in [0.15, 0.2) is 0 Å². The highest BCUT2D eigenvalue weighted by Gasteiger charge is 2.40. The van der Waals surface area contributed by atoms with Crippen LogP contribution in [0.5, 0.6) is 0 Å². The Morgan fingerprint density at radius 1 is 1.07 bits per heavy atom. The molecule has 0 bridgehead atoms. The molecule has 2 atom stereocenters. The monoisotopic (exact) mass is 198 g/mol. The second-order valence-electron chi connectivity index (χ2n) is 3.98. The van der Waals surface area contributed by atoms with E-state index in [4.69, 9.17) is 0 Å². The minimum atomic E-state index is -0.462. The van der Waals surface area contributed by atoms with Crippen LogP contribution < -0.4 is 0 Å². The molecule has 3 nitrogen and oxygen atoms in total. The Kier molecular flexibility index (Phi) is 3.81. The summed E-state index contributed by atoms with van der Waals surface area (Å²) >= 11 is 0. The Hall–Kier alpha value is -0.700. The molecule has 3 heteroatoms. The van der Waals surface area contributed by atoms with Crippen molar-refractivity contribution in [2.24, 2.45) is 11.8 Å². The molecule has 0 amide bonds. The Bertz CT molecular complexity index is 211. The second-order valence-corrected chi connectivity index (χ2v) is 3.98. The van der Waals surface area contributed by atoms with Crippen molar-refractivity contribution in [2.75, 3.05) is 0 Å². The third kappa shape index (κ3) is 2.21. The van der Waals surface area contributed by atoms with E-state index in [2.05, 4.69) is 0 Å². The van der Waals surface area contributed by atoms with Gasteiger partial charge in [0.2, 0.25) is 0 Å². The van der Waals surface area contributed by atoms with E-state index in [9.17, 15) is 14.7 Å². The van der Waals surface area contributed by atoms with Gasteiger partial charge < -0.3 is 5.11 Å². The predicted octanol–water partition coefficient (Wildman–Crippen LogP) is 1.33. The Labute approximate surface area is 84.5 Å². The minimum absolute atomic E-state index is 0.119. The first-order chi connectivity index (χ1) is 6.60. The van der Waals surface area contributed by atoms with Crippen molar-refractivity contribution in [1.82, 2.24) is 0 Å². The lowest BCUT2D eigenvalue weighted by Gasteiger charge is -2.15. The van der Waals surface area contributed by atoms with E-state index in [1.165, 1.54) is 0 Å². The van der Waals surface area contributed by atoms with Crippen molar-refractivity contribution in [3.63, 3.8) is 0 Å². The number of hydrogen-bond donors (Lipinski definition) is 1. The van der Waals surface area contributed by atoms with Crippen LogP contribution in [0, 0.1) is 11.8 Å². The predicted molar refractivity (Wildman–Crippen MR) is 52.8 cm³/mol. The van der Waals surface area contributed by atoms with E-state index in [1.807, 2.05) is 0 Å². The van der Waals surface area contributed by atoms with E-state index in [0.717, 1.165) is 0 Å². The number of Topliss-reactive ketones (excluding diaryl/α,β-unsaturated/α-hetero) is 2. The fourth-order valence-electron chi connectivity index (χ4n) is 2.25. The minimum Gasteiger partial charge on any atom is -0.393 e. The Morgan fingerprint density at radius 3 is 1.71 bits per heavy atom. The largest absolute Gasteiger partial charge is 0.393 e. The normalized spacial score (nSPS) is 31.8. The van der Waals surface area contributed by atoms with Crippen LogP contribution in [0.1, 0.15) is 39.5 Å². The van der Waals surface area contributed by atoms with Crippen molar-refractivity contribution < 1.29 is 14.7 Å². The number of hydrogen-bond acceptors (Lipinski definition) is 3. The van der Waals surface area contributed by atoms with Gasteiger partial charge in [-0.25, -0.2) is 0 Å². The zero-order valence-electron chi connectivity index (χ0n) is 8.82. The smallest absolute Gasteiger partial charge is 0.136 e. The average Bonchev–Trinajstić information content (AvgIpc) is 2.58. The summed E-state index contributed by atoms with van der Waals surface area (Å²) in [6, 6.07) is 0. The highest BCUT2D eigenvalue weighted by atomic mass is 16.3. The summed E-state index contributed by atoms with van der Waals surface area (Å²) < 4.78 is 0.